The molecule has 0 saturated carbocycles. The number of H-pyrrole nitrogens is 1. The van der Waals surface area contributed by atoms with Crippen molar-refractivity contribution >= 4 is 23.7 Å². The van der Waals surface area contributed by atoms with Gasteiger partial charge in [-0.3, -0.25) is 14.4 Å². The first kappa shape index (κ1) is 19.1. The summed E-state index contributed by atoms with van der Waals surface area (Å²) in [5.74, 6) is -3.67. The predicted molar refractivity (Wildman–Crippen MR) is 81.2 cm³/mol. The maximum Gasteiger partial charge on any atom is 0.326 e. The Kier molecular flexibility index (Phi) is 6.86. The van der Waals surface area contributed by atoms with E-state index in [9.17, 15) is 19.2 Å². The molecule has 132 valence electrons. The molecular weight excluding hydrogens is 320 g/mol. The Bertz CT molecular complexity index is 600. The topological polar surface area (TPSA) is 193 Å². The van der Waals surface area contributed by atoms with Crippen LogP contribution >= 0.6 is 0 Å². The molecule has 0 fully saturated rings. The third-order valence-corrected chi connectivity index (χ3v) is 3.05. The number of rotatable bonds is 9. The zero-order valence-electron chi connectivity index (χ0n) is 13.0. The van der Waals surface area contributed by atoms with Crippen LogP contribution < -0.4 is 22.1 Å². The SMILES string of the molecule is C[C@H](N)C(=O)N[C@H](Cc1cnc[nH]1)C(=O)N[C@@H](CC(N)=O)C(=O)O. The Labute approximate surface area is 137 Å². The van der Waals surface area contributed by atoms with E-state index >= 15 is 0 Å². The van der Waals surface area contributed by atoms with Gasteiger partial charge in [0.25, 0.3) is 0 Å². The lowest BCUT2D eigenvalue weighted by Gasteiger charge is -2.21. The minimum absolute atomic E-state index is 0.0349. The molecule has 0 aliphatic rings. The van der Waals surface area contributed by atoms with Gasteiger partial charge in [-0.15, -0.1) is 0 Å². The van der Waals surface area contributed by atoms with Crippen LogP contribution in [0.2, 0.25) is 0 Å². The van der Waals surface area contributed by atoms with Crippen LogP contribution in [0.15, 0.2) is 12.5 Å². The Balaban J connectivity index is 2.86. The van der Waals surface area contributed by atoms with Crippen LogP contribution in [0.25, 0.3) is 0 Å². The Morgan fingerprint density at radius 2 is 1.88 bits per heavy atom. The molecule has 3 amide bonds. The second kappa shape index (κ2) is 8.62. The zero-order valence-corrected chi connectivity index (χ0v) is 13.0. The third-order valence-electron chi connectivity index (χ3n) is 3.05. The van der Waals surface area contributed by atoms with Crippen molar-refractivity contribution < 1.29 is 24.3 Å². The number of nitrogens with one attached hydrogen (secondary N) is 3. The van der Waals surface area contributed by atoms with E-state index in [0.717, 1.165) is 0 Å². The van der Waals surface area contributed by atoms with Crippen LogP contribution in [-0.4, -0.2) is 56.9 Å². The number of nitrogens with two attached hydrogens (primary N) is 2. The van der Waals surface area contributed by atoms with Crippen molar-refractivity contribution in [3.8, 4) is 0 Å². The van der Waals surface area contributed by atoms with Crippen molar-refractivity contribution in [2.24, 2.45) is 11.5 Å². The normalized spacial score (nSPS) is 14.2. The molecule has 0 bridgehead atoms. The predicted octanol–water partition coefficient (Wildman–Crippen LogP) is -2.77. The summed E-state index contributed by atoms with van der Waals surface area (Å²) in [5.41, 5.74) is 11.0. The van der Waals surface area contributed by atoms with Gasteiger partial charge < -0.3 is 32.2 Å². The molecule has 11 nitrogen and oxygen atoms in total. The van der Waals surface area contributed by atoms with Gasteiger partial charge in [-0.2, -0.15) is 0 Å². The van der Waals surface area contributed by atoms with Crippen LogP contribution in [0.1, 0.15) is 19.0 Å². The van der Waals surface area contributed by atoms with Crippen LogP contribution in [-0.2, 0) is 25.6 Å². The molecule has 1 aromatic heterocycles. The van der Waals surface area contributed by atoms with E-state index in [-0.39, 0.29) is 6.42 Å². The molecule has 0 spiro atoms. The maximum absolute atomic E-state index is 12.3. The molecule has 0 aromatic carbocycles. The molecule has 0 saturated heterocycles. The van der Waals surface area contributed by atoms with E-state index in [1.165, 1.54) is 19.4 Å². The second-order valence-corrected chi connectivity index (χ2v) is 5.20. The van der Waals surface area contributed by atoms with Crippen LogP contribution in [0, 0.1) is 0 Å². The van der Waals surface area contributed by atoms with Gasteiger partial charge in [0, 0.05) is 18.3 Å². The monoisotopic (exact) mass is 340 g/mol. The van der Waals surface area contributed by atoms with Crippen molar-refractivity contribution in [3.63, 3.8) is 0 Å². The summed E-state index contributed by atoms with van der Waals surface area (Å²) < 4.78 is 0. The molecule has 0 unspecified atom stereocenters. The quantitative estimate of drug-likeness (QED) is 0.280. The van der Waals surface area contributed by atoms with Gasteiger partial charge in [-0.05, 0) is 6.92 Å². The number of aliphatic carboxylic acids is 1. The first-order valence-electron chi connectivity index (χ1n) is 7.05. The Morgan fingerprint density at radius 1 is 1.25 bits per heavy atom. The summed E-state index contributed by atoms with van der Waals surface area (Å²) in [6.07, 6.45) is 2.31. The molecule has 3 atom stereocenters. The van der Waals surface area contributed by atoms with Crippen LogP contribution in [0.5, 0.6) is 0 Å². The highest BCUT2D eigenvalue weighted by molar-refractivity contribution is 5.93. The van der Waals surface area contributed by atoms with Crippen LogP contribution in [0.3, 0.4) is 0 Å². The van der Waals surface area contributed by atoms with E-state index in [1.807, 2.05) is 0 Å². The lowest BCUT2D eigenvalue weighted by Crippen LogP contribution is -2.55. The number of hydrogen-bond donors (Lipinski definition) is 6. The molecule has 1 rings (SSSR count). The molecule has 8 N–H and O–H groups in total. The van der Waals surface area contributed by atoms with Crippen molar-refractivity contribution in [2.45, 2.75) is 37.9 Å². The number of primary amides is 1. The smallest absolute Gasteiger partial charge is 0.326 e. The number of carbonyl (C=O) groups excluding carboxylic acids is 3. The van der Waals surface area contributed by atoms with Gasteiger partial charge in [0.15, 0.2) is 0 Å². The number of amides is 3. The molecule has 1 heterocycles. The molecule has 0 aliphatic carbocycles. The second-order valence-electron chi connectivity index (χ2n) is 5.20. The number of hydrogen-bond acceptors (Lipinski definition) is 6. The van der Waals surface area contributed by atoms with E-state index in [4.69, 9.17) is 16.6 Å². The summed E-state index contributed by atoms with van der Waals surface area (Å²) in [4.78, 5) is 52.6. The zero-order chi connectivity index (χ0) is 18.3. The standard InChI is InChI=1S/C13H20N6O5/c1-6(14)11(21)18-8(2-7-4-16-5-17-7)12(22)19-9(13(23)24)3-10(15)20/h4-6,8-9H,2-3,14H2,1H3,(H2,15,20)(H,16,17)(H,18,21)(H,19,22)(H,23,24)/t6-,8+,9-/m0/s1. The molecule has 1 aromatic rings. The molecule has 0 aliphatic heterocycles. The number of carboxylic acid groups (broad SMARTS) is 1. The third kappa shape index (κ3) is 6.04. The van der Waals surface area contributed by atoms with Crippen molar-refractivity contribution in [2.75, 3.05) is 0 Å². The van der Waals surface area contributed by atoms with E-state index in [0.29, 0.717) is 5.69 Å². The average molecular weight is 340 g/mol. The fourth-order valence-electron chi connectivity index (χ4n) is 1.80. The van der Waals surface area contributed by atoms with Gasteiger partial charge in [0.1, 0.15) is 12.1 Å². The van der Waals surface area contributed by atoms with Crippen molar-refractivity contribution in [3.05, 3.63) is 18.2 Å². The largest absolute Gasteiger partial charge is 0.480 e. The van der Waals surface area contributed by atoms with E-state index in [1.54, 1.807) is 0 Å². The Morgan fingerprint density at radius 3 is 2.33 bits per heavy atom. The van der Waals surface area contributed by atoms with Gasteiger partial charge in [0.2, 0.25) is 17.7 Å². The highest BCUT2D eigenvalue weighted by Gasteiger charge is 2.28. The summed E-state index contributed by atoms with van der Waals surface area (Å²) in [6.45, 7) is 1.44. The van der Waals surface area contributed by atoms with Gasteiger partial charge >= 0.3 is 5.97 Å². The highest BCUT2D eigenvalue weighted by atomic mass is 16.4. The number of nitrogens with zero attached hydrogens (tertiary/aromatic N) is 1. The first-order chi connectivity index (χ1) is 11.2. The minimum atomic E-state index is -1.49. The number of carboxylic acids is 1. The van der Waals surface area contributed by atoms with Gasteiger partial charge in [-0.1, -0.05) is 0 Å². The molecule has 24 heavy (non-hydrogen) atoms. The van der Waals surface area contributed by atoms with E-state index in [2.05, 4.69) is 20.6 Å². The lowest BCUT2D eigenvalue weighted by molar-refractivity contribution is -0.143. The number of aromatic nitrogens is 2. The Hall–Kier alpha value is -2.95. The summed E-state index contributed by atoms with van der Waals surface area (Å²) in [5, 5.41) is 13.6. The minimum Gasteiger partial charge on any atom is -0.480 e. The summed E-state index contributed by atoms with van der Waals surface area (Å²) in [7, 11) is 0. The number of imidazole rings is 1. The fraction of sp³-hybridized carbons (Fsp3) is 0.462. The maximum atomic E-state index is 12.3. The van der Waals surface area contributed by atoms with Gasteiger partial charge in [0.05, 0.1) is 18.8 Å². The summed E-state index contributed by atoms with van der Waals surface area (Å²) >= 11 is 0. The number of aromatic amines is 1. The summed E-state index contributed by atoms with van der Waals surface area (Å²) in [6, 6.07) is -3.45. The first-order valence-corrected chi connectivity index (χ1v) is 7.05. The molecule has 11 heteroatoms. The highest BCUT2D eigenvalue weighted by Crippen LogP contribution is 2.01. The average Bonchev–Trinajstić information content (AvgIpc) is 2.97. The molecule has 0 radical (unpaired) electrons. The molecular formula is C13H20N6O5. The number of carbonyl (C=O) groups is 4. The van der Waals surface area contributed by atoms with Crippen molar-refractivity contribution in [1.29, 1.82) is 0 Å². The lowest BCUT2D eigenvalue weighted by atomic mass is 10.1. The van der Waals surface area contributed by atoms with Gasteiger partial charge in [-0.25, -0.2) is 9.78 Å². The van der Waals surface area contributed by atoms with E-state index < -0.39 is 48.2 Å². The van der Waals surface area contributed by atoms with Crippen LogP contribution in [0.4, 0.5) is 0 Å². The van der Waals surface area contributed by atoms with Crippen molar-refractivity contribution in [1.82, 2.24) is 20.6 Å². The fourth-order valence-corrected chi connectivity index (χ4v) is 1.80.